The van der Waals surface area contributed by atoms with E-state index < -0.39 is 17.6 Å². The lowest BCUT2D eigenvalue weighted by molar-refractivity contribution is -0.137. The average molecular weight is 473 g/mol. The molecule has 0 bridgehead atoms. The molecule has 1 N–H and O–H groups in total. The number of hydrogen-bond acceptors (Lipinski definition) is 6. The number of nitrogens with one attached hydrogen (secondary N) is 1. The van der Waals surface area contributed by atoms with Crippen LogP contribution in [-0.2, 0) is 18.0 Å². The van der Waals surface area contributed by atoms with E-state index in [4.69, 9.17) is 4.74 Å². The van der Waals surface area contributed by atoms with Crippen LogP contribution in [0.4, 0.5) is 24.5 Å². The van der Waals surface area contributed by atoms with Crippen molar-refractivity contribution >= 4 is 17.3 Å². The Morgan fingerprint density at radius 1 is 1.12 bits per heavy atom. The number of benzene rings is 1. The van der Waals surface area contributed by atoms with Gasteiger partial charge in [-0.25, -0.2) is 4.68 Å². The van der Waals surface area contributed by atoms with Crippen LogP contribution in [0.3, 0.4) is 0 Å². The molecule has 1 amide bonds. The molecule has 2 aromatic heterocycles. The van der Waals surface area contributed by atoms with Crippen molar-refractivity contribution in [2.45, 2.75) is 13.1 Å². The number of rotatable bonds is 4. The maximum absolute atomic E-state index is 13.0. The monoisotopic (exact) mass is 473 g/mol. The highest BCUT2D eigenvalue weighted by molar-refractivity contribution is 6.04. The number of ether oxygens (including phenoxy) is 1. The molecule has 1 aromatic carbocycles. The van der Waals surface area contributed by atoms with Crippen LogP contribution in [0.15, 0.2) is 47.5 Å². The van der Waals surface area contributed by atoms with Crippen molar-refractivity contribution in [3.8, 4) is 11.3 Å². The molecule has 0 saturated carbocycles. The van der Waals surface area contributed by atoms with Crippen LogP contribution in [0.1, 0.15) is 21.5 Å². The third kappa shape index (κ3) is 4.93. The number of carbonyl (C=O) groups is 1. The largest absolute Gasteiger partial charge is 0.417 e. The van der Waals surface area contributed by atoms with E-state index in [1.54, 1.807) is 31.3 Å². The van der Waals surface area contributed by atoms with E-state index in [0.717, 1.165) is 17.8 Å². The highest BCUT2D eigenvalue weighted by Crippen LogP contribution is 2.30. The minimum absolute atomic E-state index is 0.216. The summed E-state index contributed by atoms with van der Waals surface area (Å²) in [5, 5.41) is 6.98. The Morgan fingerprint density at radius 3 is 2.56 bits per heavy atom. The lowest BCUT2D eigenvalue weighted by Gasteiger charge is -2.28. The molecule has 4 rings (SSSR count). The number of hydrogen-bond donors (Lipinski definition) is 1. The number of pyridine rings is 1. The molecular weight excluding hydrogens is 451 g/mol. The van der Waals surface area contributed by atoms with E-state index in [1.807, 2.05) is 11.8 Å². The van der Waals surface area contributed by atoms with Gasteiger partial charge in [0.1, 0.15) is 5.69 Å². The normalized spacial score (nSPS) is 14.2. The van der Waals surface area contributed by atoms with E-state index >= 15 is 0 Å². The van der Waals surface area contributed by atoms with Crippen LogP contribution in [0, 0.1) is 6.92 Å². The zero-order valence-electron chi connectivity index (χ0n) is 18.5. The van der Waals surface area contributed by atoms with E-state index in [1.165, 1.54) is 4.68 Å². The lowest BCUT2D eigenvalue weighted by Crippen LogP contribution is -2.40. The van der Waals surface area contributed by atoms with Crippen LogP contribution in [0.25, 0.3) is 11.3 Å². The minimum Gasteiger partial charge on any atom is -0.378 e. The third-order valence-corrected chi connectivity index (χ3v) is 5.50. The molecule has 34 heavy (non-hydrogen) atoms. The lowest BCUT2D eigenvalue weighted by atomic mass is 10.0. The Bertz CT molecular complexity index is 1280. The van der Waals surface area contributed by atoms with Gasteiger partial charge in [-0.3, -0.25) is 14.6 Å². The fourth-order valence-corrected chi connectivity index (χ4v) is 3.65. The van der Waals surface area contributed by atoms with E-state index in [9.17, 15) is 22.8 Å². The number of aromatic nitrogens is 3. The van der Waals surface area contributed by atoms with Gasteiger partial charge in [-0.2, -0.15) is 18.3 Å². The number of alkyl halides is 3. The minimum atomic E-state index is -4.60. The van der Waals surface area contributed by atoms with Gasteiger partial charge < -0.3 is 15.0 Å². The van der Waals surface area contributed by atoms with Crippen molar-refractivity contribution in [1.29, 1.82) is 0 Å². The fourth-order valence-electron chi connectivity index (χ4n) is 3.65. The van der Waals surface area contributed by atoms with Crippen molar-refractivity contribution in [2.24, 2.45) is 7.05 Å². The third-order valence-electron chi connectivity index (χ3n) is 5.50. The molecule has 0 unspecified atom stereocenters. The molecule has 3 aromatic rings. The van der Waals surface area contributed by atoms with E-state index in [-0.39, 0.29) is 11.1 Å². The summed E-state index contributed by atoms with van der Waals surface area (Å²) in [7, 11) is 1.57. The van der Waals surface area contributed by atoms with Gasteiger partial charge in [0, 0.05) is 43.8 Å². The summed E-state index contributed by atoms with van der Waals surface area (Å²) in [5.41, 5.74) is 1.46. The summed E-state index contributed by atoms with van der Waals surface area (Å²) in [6, 6.07) is 7.53. The van der Waals surface area contributed by atoms with Crippen LogP contribution in [-0.4, -0.2) is 47.0 Å². The summed E-state index contributed by atoms with van der Waals surface area (Å²) >= 11 is 0. The molecule has 1 fully saturated rings. The zero-order valence-corrected chi connectivity index (χ0v) is 18.5. The summed E-state index contributed by atoms with van der Waals surface area (Å²) < 4.78 is 45.5. The van der Waals surface area contributed by atoms with Crippen LogP contribution in [0.2, 0.25) is 0 Å². The molecule has 3 heterocycles. The van der Waals surface area contributed by atoms with Gasteiger partial charge in [-0.15, -0.1) is 0 Å². The molecule has 11 heteroatoms. The van der Waals surface area contributed by atoms with Crippen molar-refractivity contribution in [3.05, 3.63) is 69.8 Å². The predicted molar refractivity (Wildman–Crippen MR) is 120 cm³/mol. The number of morpholine rings is 1. The Labute approximate surface area is 193 Å². The molecule has 1 aliphatic heterocycles. The first-order valence-electron chi connectivity index (χ1n) is 10.5. The SMILES string of the molecule is Cc1ccc(NC(=O)c2cncc(C(F)(F)F)c2)cc1-c1cc(N2CCOCC2)c(=O)n(C)n1. The standard InChI is InChI=1S/C23H22F3N5O3/c1-14-3-4-17(28-21(32)15-9-16(13-27-12-15)23(24,25)26)10-18(14)19-11-20(22(33)30(2)29-19)31-5-7-34-8-6-31/h3-4,9-13H,5-8H2,1-2H3,(H,28,32). The molecule has 1 saturated heterocycles. The first-order valence-corrected chi connectivity index (χ1v) is 10.5. The summed E-state index contributed by atoms with van der Waals surface area (Å²) in [5.74, 6) is -0.726. The van der Waals surface area contributed by atoms with Gasteiger partial charge in [0.15, 0.2) is 0 Å². The second-order valence-corrected chi connectivity index (χ2v) is 7.89. The zero-order chi connectivity index (χ0) is 24.5. The van der Waals surface area contributed by atoms with Crippen molar-refractivity contribution in [3.63, 3.8) is 0 Å². The van der Waals surface area contributed by atoms with Crippen LogP contribution < -0.4 is 15.8 Å². The molecular formula is C23H22F3N5O3. The molecule has 8 nitrogen and oxygen atoms in total. The van der Waals surface area contributed by atoms with Gasteiger partial charge in [0.2, 0.25) is 0 Å². The van der Waals surface area contributed by atoms with Crippen LogP contribution >= 0.6 is 0 Å². The molecule has 0 spiro atoms. The number of anilines is 2. The first kappa shape index (κ1) is 23.4. The van der Waals surface area contributed by atoms with Gasteiger partial charge >= 0.3 is 6.18 Å². The van der Waals surface area contributed by atoms with Crippen LogP contribution in [0.5, 0.6) is 0 Å². The van der Waals surface area contributed by atoms with Crippen molar-refractivity contribution in [2.75, 3.05) is 36.5 Å². The van der Waals surface area contributed by atoms with Crippen molar-refractivity contribution in [1.82, 2.24) is 14.8 Å². The number of carbonyl (C=O) groups excluding carboxylic acids is 1. The number of aryl methyl sites for hydroxylation is 2. The number of halogens is 3. The Hall–Kier alpha value is -3.73. The van der Waals surface area contributed by atoms with E-state index in [0.29, 0.717) is 55.1 Å². The topological polar surface area (TPSA) is 89.4 Å². The van der Waals surface area contributed by atoms with Gasteiger partial charge in [0.05, 0.1) is 30.0 Å². The van der Waals surface area contributed by atoms with Gasteiger partial charge in [0.25, 0.3) is 11.5 Å². The molecule has 178 valence electrons. The second kappa shape index (κ2) is 9.26. The maximum Gasteiger partial charge on any atom is 0.417 e. The maximum atomic E-state index is 13.0. The fraction of sp³-hybridized carbons (Fsp3) is 0.304. The van der Waals surface area contributed by atoms with Crippen molar-refractivity contribution < 1.29 is 22.7 Å². The average Bonchev–Trinajstić information content (AvgIpc) is 2.82. The second-order valence-electron chi connectivity index (χ2n) is 7.89. The van der Waals surface area contributed by atoms with E-state index in [2.05, 4.69) is 15.4 Å². The quantitative estimate of drug-likeness (QED) is 0.626. The predicted octanol–water partition coefficient (Wildman–Crippen LogP) is 3.26. The Morgan fingerprint density at radius 2 is 1.85 bits per heavy atom. The first-order chi connectivity index (χ1) is 16.1. The Kier molecular flexibility index (Phi) is 6.38. The number of amides is 1. The highest BCUT2D eigenvalue weighted by Gasteiger charge is 2.31. The molecule has 0 atom stereocenters. The number of nitrogens with zero attached hydrogens (tertiary/aromatic N) is 4. The molecule has 1 aliphatic rings. The smallest absolute Gasteiger partial charge is 0.378 e. The van der Waals surface area contributed by atoms with Gasteiger partial charge in [-0.1, -0.05) is 6.07 Å². The molecule has 0 aliphatic carbocycles. The summed E-state index contributed by atoms with van der Waals surface area (Å²) in [6.07, 6.45) is -2.87. The highest BCUT2D eigenvalue weighted by atomic mass is 19.4. The Balaban J connectivity index is 1.65. The van der Waals surface area contributed by atoms with Gasteiger partial charge in [-0.05, 0) is 36.8 Å². The molecule has 0 radical (unpaired) electrons. The summed E-state index contributed by atoms with van der Waals surface area (Å²) in [6.45, 7) is 4.06. The summed E-state index contributed by atoms with van der Waals surface area (Å²) in [4.78, 5) is 30.7.